The molecule has 0 saturated heterocycles. The number of carbonyl (C=O) groups excluding carboxylic acids is 1. The van der Waals surface area contributed by atoms with Gasteiger partial charge in [0.2, 0.25) is 0 Å². The second-order valence-corrected chi connectivity index (χ2v) is 4.43. The van der Waals surface area contributed by atoms with Crippen molar-refractivity contribution in [1.82, 2.24) is 0 Å². The zero-order valence-electron chi connectivity index (χ0n) is 9.31. The van der Waals surface area contributed by atoms with Crippen molar-refractivity contribution < 1.29 is 19.1 Å². The summed E-state index contributed by atoms with van der Waals surface area (Å²) in [6.07, 6.45) is 0.983. The molecule has 7 heteroatoms. The lowest BCUT2D eigenvalue weighted by Gasteiger charge is -2.05. The van der Waals surface area contributed by atoms with Gasteiger partial charge < -0.3 is 14.8 Å². The highest BCUT2D eigenvalue weighted by Crippen LogP contribution is 2.26. The smallest absolute Gasteiger partial charge is 0.338 e. The molecule has 0 unspecified atom stereocenters. The van der Waals surface area contributed by atoms with E-state index < -0.39 is 11.9 Å². The molecule has 0 atom stereocenters. The first-order chi connectivity index (χ1) is 8.97. The second-order valence-electron chi connectivity index (χ2n) is 3.58. The Hall–Kier alpha value is -1.98. The van der Waals surface area contributed by atoms with Crippen molar-refractivity contribution in [2.45, 2.75) is 0 Å². The molecule has 2 aromatic rings. The molecule has 1 heterocycles. The van der Waals surface area contributed by atoms with Crippen LogP contribution in [-0.2, 0) is 0 Å². The first kappa shape index (κ1) is 13.5. The van der Waals surface area contributed by atoms with Crippen LogP contribution in [0.15, 0.2) is 34.9 Å². The molecule has 2 rings (SSSR count). The lowest BCUT2D eigenvalue weighted by Crippen LogP contribution is -2.11. The molecular weight excluding hydrogens is 293 g/mol. The summed E-state index contributed by atoms with van der Waals surface area (Å²) >= 11 is 11.7. The Morgan fingerprint density at radius 1 is 1.21 bits per heavy atom. The maximum Gasteiger partial charge on any atom is 0.338 e. The predicted octanol–water partition coefficient (Wildman–Crippen LogP) is 3.54. The Labute approximate surface area is 117 Å². The van der Waals surface area contributed by atoms with Gasteiger partial charge in [-0.2, -0.15) is 0 Å². The Morgan fingerprint density at radius 3 is 2.58 bits per heavy atom. The Bertz CT molecular complexity index is 651. The zero-order valence-corrected chi connectivity index (χ0v) is 10.8. The fourth-order valence-corrected chi connectivity index (χ4v) is 1.68. The van der Waals surface area contributed by atoms with Crippen LogP contribution >= 0.6 is 23.2 Å². The third-order valence-corrected chi connectivity index (χ3v) is 2.81. The summed E-state index contributed by atoms with van der Waals surface area (Å²) < 4.78 is 4.86. The van der Waals surface area contributed by atoms with Crippen LogP contribution in [0.5, 0.6) is 0 Å². The highest BCUT2D eigenvalue weighted by Gasteiger charge is 2.15. The summed E-state index contributed by atoms with van der Waals surface area (Å²) in [5, 5.41) is 11.9. The minimum absolute atomic E-state index is 0.109. The number of benzene rings is 1. The van der Waals surface area contributed by atoms with Gasteiger partial charge in [-0.3, -0.25) is 4.79 Å². The number of hydrogen-bond acceptors (Lipinski definition) is 3. The van der Waals surface area contributed by atoms with Gasteiger partial charge in [0.25, 0.3) is 5.91 Å². The van der Waals surface area contributed by atoms with E-state index in [-0.39, 0.29) is 11.3 Å². The van der Waals surface area contributed by atoms with Gasteiger partial charge in [0.15, 0.2) is 5.76 Å². The van der Waals surface area contributed by atoms with Crippen LogP contribution in [0.25, 0.3) is 0 Å². The molecule has 1 aromatic heterocycles. The van der Waals surface area contributed by atoms with Crippen LogP contribution < -0.4 is 5.32 Å². The van der Waals surface area contributed by atoms with Gasteiger partial charge in [0.05, 0.1) is 16.3 Å². The molecule has 5 nitrogen and oxygen atoms in total. The number of amides is 1. The summed E-state index contributed by atoms with van der Waals surface area (Å²) in [5.41, 5.74) is 0.204. The van der Waals surface area contributed by atoms with Crippen molar-refractivity contribution in [3.8, 4) is 0 Å². The van der Waals surface area contributed by atoms with Gasteiger partial charge in [-0.15, -0.1) is 0 Å². The molecule has 0 spiro atoms. The molecule has 0 bridgehead atoms. The minimum atomic E-state index is -1.18. The van der Waals surface area contributed by atoms with E-state index >= 15 is 0 Å². The average molecular weight is 300 g/mol. The summed E-state index contributed by atoms with van der Waals surface area (Å²) in [6.45, 7) is 0. The molecule has 98 valence electrons. The molecule has 1 aromatic carbocycles. The number of carboxylic acid groups (broad SMARTS) is 1. The molecular formula is C12H7Cl2NO4. The predicted molar refractivity (Wildman–Crippen MR) is 70.1 cm³/mol. The van der Waals surface area contributed by atoms with E-state index in [4.69, 9.17) is 32.7 Å². The fraction of sp³-hybridized carbons (Fsp3) is 0. The van der Waals surface area contributed by atoms with Gasteiger partial charge in [0.1, 0.15) is 6.26 Å². The van der Waals surface area contributed by atoms with Gasteiger partial charge in [-0.05, 0) is 18.2 Å². The number of carboxylic acids is 1. The van der Waals surface area contributed by atoms with Crippen LogP contribution in [-0.4, -0.2) is 17.0 Å². The van der Waals surface area contributed by atoms with Crippen molar-refractivity contribution in [1.29, 1.82) is 0 Å². The van der Waals surface area contributed by atoms with Gasteiger partial charge in [-0.25, -0.2) is 4.79 Å². The molecule has 1 amide bonds. The molecule has 0 aliphatic carbocycles. The van der Waals surface area contributed by atoms with E-state index in [1.54, 1.807) is 6.07 Å². The van der Waals surface area contributed by atoms with E-state index in [0.29, 0.717) is 15.7 Å². The van der Waals surface area contributed by atoms with E-state index in [1.165, 1.54) is 12.1 Å². The largest absolute Gasteiger partial charge is 0.478 e. The molecule has 0 radical (unpaired) electrons. The van der Waals surface area contributed by atoms with Crippen LogP contribution in [0.2, 0.25) is 10.0 Å². The Balaban J connectivity index is 2.20. The number of halogens is 2. The normalized spacial score (nSPS) is 10.2. The van der Waals surface area contributed by atoms with Crippen LogP contribution in [0.4, 0.5) is 5.69 Å². The number of rotatable bonds is 3. The second kappa shape index (κ2) is 5.34. The minimum Gasteiger partial charge on any atom is -0.478 e. The van der Waals surface area contributed by atoms with E-state index in [1.807, 2.05) is 0 Å². The molecule has 0 aliphatic heterocycles. The fourth-order valence-electron chi connectivity index (χ4n) is 1.34. The summed E-state index contributed by atoms with van der Waals surface area (Å²) in [5.74, 6) is -1.92. The quantitative estimate of drug-likeness (QED) is 0.908. The molecule has 2 N–H and O–H groups in total. The maximum absolute atomic E-state index is 11.8. The third kappa shape index (κ3) is 3.07. The maximum atomic E-state index is 11.8. The monoisotopic (exact) mass is 299 g/mol. The Kier molecular flexibility index (Phi) is 3.78. The van der Waals surface area contributed by atoms with Gasteiger partial charge in [-0.1, -0.05) is 23.2 Å². The van der Waals surface area contributed by atoms with Crippen molar-refractivity contribution in [3.05, 3.63) is 51.9 Å². The van der Waals surface area contributed by atoms with Crippen LogP contribution in [0, 0.1) is 0 Å². The number of anilines is 1. The van der Waals surface area contributed by atoms with Crippen molar-refractivity contribution in [2.75, 3.05) is 5.32 Å². The van der Waals surface area contributed by atoms with E-state index in [9.17, 15) is 9.59 Å². The van der Waals surface area contributed by atoms with E-state index in [0.717, 1.165) is 12.3 Å². The van der Waals surface area contributed by atoms with Crippen molar-refractivity contribution in [2.24, 2.45) is 0 Å². The summed E-state index contributed by atoms with van der Waals surface area (Å²) in [4.78, 5) is 22.5. The molecule has 0 saturated carbocycles. The molecule has 19 heavy (non-hydrogen) atoms. The number of furan rings is 1. The summed E-state index contributed by atoms with van der Waals surface area (Å²) in [7, 11) is 0. The third-order valence-electron chi connectivity index (χ3n) is 2.25. The van der Waals surface area contributed by atoms with Gasteiger partial charge in [0, 0.05) is 11.1 Å². The van der Waals surface area contributed by atoms with Crippen LogP contribution in [0.3, 0.4) is 0 Å². The topological polar surface area (TPSA) is 79.5 Å². The van der Waals surface area contributed by atoms with Crippen molar-refractivity contribution >= 4 is 40.8 Å². The van der Waals surface area contributed by atoms with Crippen molar-refractivity contribution in [3.63, 3.8) is 0 Å². The SMILES string of the molecule is O=C(O)c1coc(C(=O)Nc2cc(Cl)ccc2Cl)c1. The Morgan fingerprint density at radius 2 is 1.95 bits per heavy atom. The lowest BCUT2D eigenvalue weighted by atomic mass is 10.3. The zero-order chi connectivity index (χ0) is 14.0. The standard InChI is InChI=1S/C12H7Cl2NO4/c13-7-1-2-8(14)9(4-7)15-11(16)10-3-6(5-19-10)12(17)18/h1-5H,(H,15,16)(H,17,18). The average Bonchev–Trinajstić information content (AvgIpc) is 2.83. The van der Waals surface area contributed by atoms with E-state index in [2.05, 4.69) is 5.32 Å². The lowest BCUT2D eigenvalue weighted by molar-refractivity contribution is 0.0696. The first-order valence-electron chi connectivity index (χ1n) is 5.05. The molecule has 0 aliphatic rings. The number of nitrogens with one attached hydrogen (secondary N) is 1. The molecule has 0 fully saturated rings. The summed E-state index contributed by atoms with van der Waals surface area (Å²) in [6, 6.07) is 5.71. The number of aromatic carboxylic acids is 1. The highest BCUT2D eigenvalue weighted by atomic mass is 35.5. The van der Waals surface area contributed by atoms with Crippen LogP contribution in [0.1, 0.15) is 20.9 Å². The number of hydrogen-bond donors (Lipinski definition) is 2. The number of carbonyl (C=O) groups is 2. The first-order valence-corrected chi connectivity index (χ1v) is 5.81. The highest BCUT2D eigenvalue weighted by molar-refractivity contribution is 6.35. The van der Waals surface area contributed by atoms with Gasteiger partial charge >= 0.3 is 5.97 Å².